The second kappa shape index (κ2) is 6.52. The lowest BCUT2D eigenvalue weighted by atomic mass is 10.1. The first-order valence-electron chi connectivity index (χ1n) is 6.37. The molecular weight excluding hydrogens is 250 g/mol. The van der Waals surface area contributed by atoms with Crippen LogP contribution in [-0.2, 0) is 0 Å². The Bertz CT molecular complexity index is 618. The predicted octanol–water partition coefficient (Wildman–Crippen LogP) is 3.49. The minimum Gasteiger partial charge on any atom is -0.314 e. The molecule has 0 fully saturated rings. The molecule has 0 aliphatic carbocycles. The maximum Gasteiger partial charge on any atom is 0.324 e. The molecule has 0 saturated heterocycles. The van der Waals surface area contributed by atoms with Gasteiger partial charge in [0.05, 0.1) is 0 Å². The molecule has 1 aromatic heterocycles. The Morgan fingerprint density at radius 2 is 1.85 bits per heavy atom. The molecule has 1 heterocycles. The van der Waals surface area contributed by atoms with E-state index in [1.54, 1.807) is 12.4 Å². The molecule has 0 bridgehead atoms. The molecule has 0 aliphatic rings. The van der Waals surface area contributed by atoms with Crippen molar-refractivity contribution in [2.24, 2.45) is 0 Å². The summed E-state index contributed by atoms with van der Waals surface area (Å²) in [5, 5.41) is 5.31. The van der Waals surface area contributed by atoms with E-state index in [0.29, 0.717) is 5.82 Å². The Kier molecular flexibility index (Phi) is 4.50. The van der Waals surface area contributed by atoms with Gasteiger partial charge in [-0.15, -0.1) is 0 Å². The summed E-state index contributed by atoms with van der Waals surface area (Å²) in [7, 11) is 0. The number of benzene rings is 1. The van der Waals surface area contributed by atoms with Gasteiger partial charge in [0.25, 0.3) is 0 Å². The molecule has 0 aliphatic heterocycles. The van der Waals surface area contributed by atoms with Gasteiger partial charge in [-0.25, -0.2) is 9.78 Å². The van der Waals surface area contributed by atoms with Crippen molar-refractivity contribution in [3.8, 4) is 0 Å². The summed E-state index contributed by atoms with van der Waals surface area (Å²) in [5.41, 5.74) is 3.29. The van der Waals surface area contributed by atoms with E-state index in [0.717, 1.165) is 11.1 Å². The van der Waals surface area contributed by atoms with Crippen LogP contribution >= 0.6 is 0 Å². The van der Waals surface area contributed by atoms with Crippen molar-refractivity contribution in [3.05, 3.63) is 65.5 Å². The first-order chi connectivity index (χ1) is 9.63. The maximum absolute atomic E-state index is 11.7. The van der Waals surface area contributed by atoms with Crippen molar-refractivity contribution < 1.29 is 4.79 Å². The molecule has 0 spiro atoms. The number of aryl methyl sites for hydroxylation is 2. The van der Waals surface area contributed by atoms with Gasteiger partial charge in [0.1, 0.15) is 5.82 Å². The highest BCUT2D eigenvalue weighted by molar-refractivity contribution is 5.89. The topological polar surface area (TPSA) is 54.0 Å². The van der Waals surface area contributed by atoms with Gasteiger partial charge >= 0.3 is 6.03 Å². The fourth-order valence-electron chi connectivity index (χ4n) is 1.65. The summed E-state index contributed by atoms with van der Waals surface area (Å²) >= 11 is 0. The third-order valence-electron chi connectivity index (χ3n) is 2.72. The smallest absolute Gasteiger partial charge is 0.314 e. The Balaban J connectivity index is 1.87. The van der Waals surface area contributed by atoms with Gasteiger partial charge in [-0.1, -0.05) is 29.8 Å². The van der Waals surface area contributed by atoms with Gasteiger partial charge in [-0.05, 0) is 43.2 Å². The number of nitrogens with one attached hydrogen (secondary N) is 2. The van der Waals surface area contributed by atoms with Gasteiger partial charge in [-0.2, -0.15) is 0 Å². The lowest BCUT2D eigenvalue weighted by Crippen LogP contribution is -2.24. The second-order valence-corrected chi connectivity index (χ2v) is 4.56. The number of carbonyl (C=O) groups is 1. The van der Waals surface area contributed by atoms with Gasteiger partial charge in [0.15, 0.2) is 0 Å². The Morgan fingerprint density at radius 3 is 2.55 bits per heavy atom. The molecule has 102 valence electrons. The first-order valence-corrected chi connectivity index (χ1v) is 6.37. The molecule has 2 rings (SSSR count). The van der Waals surface area contributed by atoms with Crippen molar-refractivity contribution in [2.45, 2.75) is 13.8 Å². The molecule has 0 saturated carbocycles. The zero-order valence-corrected chi connectivity index (χ0v) is 11.6. The Hall–Kier alpha value is -2.62. The molecule has 20 heavy (non-hydrogen) atoms. The zero-order chi connectivity index (χ0) is 14.4. The van der Waals surface area contributed by atoms with E-state index in [-0.39, 0.29) is 6.03 Å². The number of anilines is 1. The number of nitrogens with zero attached hydrogens (tertiary/aromatic N) is 1. The van der Waals surface area contributed by atoms with E-state index < -0.39 is 0 Å². The molecule has 2 N–H and O–H groups in total. The van der Waals surface area contributed by atoms with Crippen LogP contribution in [0, 0.1) is 13.8 Å². The number of pyridine rings is 1. The number of amides is 2. The van der Waals surface area contributed by atoms with E-state index in [2.05, 4.69) is 15.6 Å². The number of rotatable bonds is 3. The van der Waals surface area contributed by atoms with Crippen molar-refractivity contribution in [2.75, 3.05) is 5.32 Å². The Labute approximate surface area is 118 Å². The summed E-state index contributed by atoms with van der Waals surface area (Å²) in [4.78, 5) is 15.7. The normalized spacial score (nSPS) is 10.5. The molecule has 0 unspecified atom stereocenters. The quantitative estimate of drug-likeness (QED) is 0.894. The van der Waals surface area contributed by atoms with Gasteiger partial charge in [-0.3, -0.25) is 5.32 Å². The highest BCUT2D eigenvalue weighted by Gasteiger charge is 1.99. The van der Waals surface area contributed by atoms with Crippen molar-refractivity contribution in [1.82, 2.24) is 10.3 Å². The molecule has 2 amide bonds. The lowest BCUT2D eigenvalue weighted by molar-refractivity contribution is 0.255. The van der Waals surface area contributed by atoms with E-state index in [1.165, 1.54) is 5.56 Å². The number of aromatic nitrogens is 1. The predicted molar refractivity (Wildman–Crippen MR) is 81.3 cm³/mol. The standard InChI is InChI=1S/C16H17N3O/c1-12-3-5-14(6-4-12)8-10-18-16(20)19-15-11-13(2)7-9-17-15/h3-11H,1-2H3,(H2,17,18,19,20)/b10-8+. The molecule has 0 atom stereocenters. The van der Waals surface area contributed by atoms with Crippen LogP contribution in [0.4, 0.5) is 10.6 Å². The van der Waals surface area contributed by atoms with E-state index >= 15 is 0 Å². The average molecular weight is 267 g/mol. The molecule has 2 aromatic rings. The number of hydrogen-bond acceptors (Lipinski definition) is 2. The second-order valence-electron chi connectivity index (χ2n) is 4.56. The van der Waals surface area contributed by atoms with Crippen molar-refractivity contribution in [3.63, 3.8) is 0 Å². The van der Waals surface area contributed by atoms with Crippen LogP contribution in [0.1, 0.15) is 16.7 Å². The average Bonchev–Trinajstić information content (AvgIpc) is 2.41. The van der Waals surface area contributed by atoms with Gasteiger partial charge < -0.3 is 5.32 Å². The fraction of sp³-hybridized carbons (Fsp3) is 0.125. The minimum atomic E-state index is -0.313. The van der Waals surface area contributed by atoms with Crippen LogP contribution in [0.25, 0.3) is 6.08 Å². The molecule has 4 nitrogen and oxygen atoms in total. The first kappa shape index (κ1) is 13.8. The molecule has 0 radical (unpaired) electrons. The SMILES string of the molecule is Cc1ccc(/C=C/NC(=O)Nc2cc(C)ccn2)cc1. The third-order valence-corrected chi connectivity index (χ3v) is 2.72. The molecule has 4 heteroatoms. The van der Waals surface area contributed by atoms with E-state index in [9.17, 15) is 4.79 Å². The minimum absolute atomic E-state index is 0.313. The largest absolute Gasteiger partial charge is 0.324 e. The summed E-state index contributed by atoms with van der Waals surface area (Å²) in [6.07, 6.45) is 5.10. The van der Waals surface area contributed by atoms with Crippen LogP contribution in [0.3, 0.4) is 0 Å². The summed E-state index contributed by atoms with van der Waals surface area (Å²) in [6.45, 7) is 3.98. The van der Waals surface area contributed by atoms with Crippen LogP contribution in [-0.4, -0.2) is 11.0 Å². The summed E-state index contributed by atoms with van der Waals surface area (Å²) < 4.78 is 0. The summed E-state index contributed by atoms with van der Waals surface area (Å²) in [5.74, 6) is 0.534. The third kappa shape index (κ3) is 4.24. The van der Waals surface area contributed by atoms with Crippen LogP contribution in [0.5, 0.6) is 0 Å². The maximum atomic E-state index is 11.7. The van der Waals surface area contributed by atoms with E-state index in [1.807, 2.05) is 56.3 Å². The van der Waals surface area contributed by atoms with Gasteiger partial charge in [0.2, 0.25) is 0 Å². The molecule has 1 aromatic carbocycles. The van der Waals surface area contributed by atoms with Crippen LogP contribution in [0.15, 0.2) is 48.8 Å². The van der Waals surface area contributed by atoms with Crippen molar-refractivity contribution in [1.29, 1.82) is 0 Å². The van der Waals surface area contributed by atoms with E-state index in [4.69, 9.17) is 0 Å². The fourth-order valence-corrected chi connectivity index (χ4v) is 1.65. The monoisotopic (exact) mass is 267 g/mol. The number of urea groups is 1. The van der Waals surface area contributed by atoms with Gasteiger partial charge in [0, 0.05) is 12.4 Å². The van der Waals surface area contributed by atoms with Crippen molar-refractivity contribution >= 4 is 17.9 Å². The highest BCUT2D eigenvalue weighted by Crippen LogP contribution is 2.05. The number of carbonyl (C=O) groups excluding carboxylic acids is 1. The summed E-state index contributed by atoms with van der Waals surface area (Å²) in [6, 6.07) is 11.4. The lowest BCUT2D eigenvalue weighted by Gasteiger charge is -2.04. The Morgan fingerprint density at radius 1 is 1.10 bits per heavy atom. The highest BCUT2D eigenvalue weighted by atomic mass is 16.2. The molecular formula is C16H17N3O. The van der Waals surface area contributed by atoms with Crippen LogP contribution in [0.2, 0.25) is 0 Å². The van der Waals surface area contributed by atoms with Crippen LogP contribution < -0.4 is 10.6 Å². The number of hydrogen-bond donors (Lipinski definition) is 2. The zero-order valence-electron chi connectivity index (χ0n) is 11.6.